The summed E-state index contributed by atoms with van der Waals surface area (Å²) in [5.41, 5.74) is 4.84. The van der Waals surface area contributed by atoms with E-state index in [1.807, 2.05) is 44.2 Å². The molecule has 0 amide bonds. The summed E-state index contributed by atoms with van der Waals surface area (Å²) in [5.74, 6) is 1.43. The zero-order valence-electron chi connectivity index (χ0n) is 10.2. The van der Waals surface area contributed by atoms with Gasteiger partial charge in [0.1, 0.15) is 11.6 Å². The SMILES string of the molecule is Cc1cc(N/N=C/c2ccc(Br)cc2)nc(C)n1. The van der Waals surface area contributed by atoms with Gasteiger partial charge in [-0.25, -0.2) is 9.97 Å². The number of halogens is 1. The fourth-order valence-corrected chi connectivity index (χ4v) is 1.76. The highest BCUT2D eigenvalue weighted by molar-refractivity contribution is 9.10. The van der Waals surface area contributed by atoms with Crippen LogP contribution in [0.15, 0.2) is 39.9 Å². The smallest absolute Gasteiger partial charge is 0.150 e. The molecule has 0 spiro atoms. The van der Waals surface area contributed by atoms with Crippen LogP contribution in [-0.4, -0.2) is 16.2 Å². The Kier molecular flexibility index (Phi) is 4.04. The summed E-state index contributed by atoms with van der Waals surface area (Å²) in [6, 6.07) is 9.75. The molecule has 1 N–H and O–H groups in total. The lowest BCUT2D eigenvalue weighted by atomic mass is 10.2. The van der Waals surface area contributed by atoms with Crippen LogP contribution in [0.3, 0.4) is 0 Å². The number of nitrogens with zero attached hydrogens (tertiary/aromatic N) is 3. The Balaban J connectivity index is 2.04. The standard InChI is InChI=1S/C13H13BrN4/c1-9-7-13(17-10(2)16-9)18-15-8-11-3-5-12(14)6-4-11/h3-8H,1-2H3,(H,16,17,18)/b15-8+. The molecular formula is C13H13BrN4. The number of aryl methyl sites for hydroxylation is 2. The van der Waals surface area contributed by atoms with E-state index in [0.29, 0.717) is 5.82 Å². The Morgan fingerprint density at radius 3 is 2.56 bits per heavy atom. The van der Waals surface area contributed by atoms with Crippen molar-refractivity contribution in [2.45, 2.75) is 13.8 Å². The summed E-state index contributed by atoms with van der Waals surface area (Å²) >= 11 is 3.39. The van der Waals surface area contributed by atoms with Gasteiger partial charge in [-0.05, 0) is 31.5 Å². The van der Waals surface area contributed by atoms with Gasteiger partial charge in [-0.2, -0.15) is 5.10 Å². The summed E-state index contributed by atoms with van der Waals surface area (Å²) in [5, 5.41) is 4.14. The minimum absolute atomic E-state index is 0.702. The maximum Gasteiger partial charge on any atom is 0.150 e. The second kappa shape index (κ2) is 5.73. The average molecular weight is 305 g/mol. The van der Waals surface area contributed by atoms with E-state index in [1.165, 1.54) is 0 Å². The lowest BCUT2D eigenvalue weighted by Crippen LogP contribution is -1.98. The van der Waals surface area contributed by atoms with Crippen molar-refractivity contribution in [3.05, 3.63) is 51.9 Å². The second-order valence-corrected chi connectivity index (χ2v) is 4.78. The molecule has 0 aliphatic rings. The van der Waals surface area contributed by atoms with Crippen LogP contribution in [0, 0.1) is 13.8 Å². The van der Waals surface area contributed by atoms with Crippen LogP contribution >= 0.6 is 15.9 Å². The van der Waals surface area contributed by atoms with Crippen molar-refractivity contribution in [2.24, 2.45) is 5.10 Å². The number of rotatable bonds is 3. The van der Waals surface area contributed by atoms with Crippen molar-refractivity contribution in [3.63, 3.8) is 0 Å². The van der Waals surface area contributed by atoms with Crippen LogP contribution in [0.1, 0.15) is 17.1 Å². The van der Waals surface area contributed by atoms with Gasteiger partial charge in [0, 0.05) is 16.2 Å². The Labute approximate surface area is 114 Å². The minimum atomic E-state index is 0.702. The first-order chi connectivity index (χ1) is 8.63. The molecule has 4 nitrogen and oxygen atoms in total. The summed E-state index contributed by atoms with van der Waals surface area (Å²) in [6.45, 7) is 3.79. The molecule has 2 rings (SSSR count). The molecule has 18 heavy (non-hydrogen) atoms. The summed E-state index contributed by atoms with van der Waals surface area (Å²) < 4.78 is 1.05. The van der Waals surface area contributed by atoms with Crippen LogP contribution in [0.5, 0.6) is 0 Å². The molecular weight excluding hydrogens is 292 g/mol. The zero-order chi connectivity index (χ0) is 13.0. The monoisotopic (exact) mass is 304 g/mol. The molecule has 5 heteroatoms. The molecule has 0 unspecified atom stereocenters. The van der Waals surface area contributed by atoms with Crippen molar-refractivity contribution >= 4 is 28.0 Å². The van der Waals surface area contributed by atoms with E-state index >= 15 is 0 Å². The van der Waals surface area contributed by atoms with Gasteiger partial charge in [-0.3, -0.25) is 5.43 Å². The Hall–Kier alpha value is -1.75. The van der Waals surface area contributed by atoms with Crippen LogP contribution in [-0.2, 0) is 0 Å². The first-order valence-corrected chi connectivity index (χ1v) is 6.30. The van der Waals surface area contributed by atoms with E-state index in [4.69, 9.17) is 0 Å². The molecule has 0 aliphatic carbocycles. The number of aromatic nitrogens is 2. The molecule has 0 bridgehead atoms. The van der Waals surface area contributed by atoms with Gasteiger partial charge in [0.15, 0.2) is 0 Å². The van der Waals surface area contributed by atoms with E-state index in [2.05, 4.69) is 36.4 Å². The van der Waals surface area contributed by atoms with Gasteiger partial charge >= 0.3 is 0 Å². The van der Waals surface area contributed by atoms with Crippen molar-refractivity contribution in [3.8, 4) is 0 Å². The van der Waals surface area contributed by atoms with Gasteiger partial charge in [0.2, 0.25) is 0 Å². The van der Waals surface area contributed by atoms with Crippen LogP contribution in [0.2, 0.25) is 0 Å². The minimum Gasteiger partial charge on any atom is -0.261 e. The summed E-state index contributed by atoms with van der Waals surface area (Å²) in [6.07, 6.45) is 1.75. The van der Waals surface area contributed by atoms with Crippen LogP contribution in [0.25, 0.3) is 0 Å². The first-order valence-electron chi connectivity index (χ1n) is 5.50. The third kappa shape index (κ3) is 3.63. The molecule has 0 saturated carbocycles. The number of benzene rings is 1. The highest BCUT2D eigenvalue weighted by atomic mass is 79.9. The predicted molar refractivity (Wildman–Crippen MR) is 76.9 cm³/mol. The van der Waals surface area contributed by atoms with Gasteiger partial charge in [-0.15, -0.1) is 0 Å². The third-order valence-corrected chi connectivity index (χ3v) is 2.76. The topological polar surface area (TPSA) is 50.2 Å². The van der Waals surface area contributed by atoms with E-state index in [-0.39, 0.29) is 0 Å². The Morgan fingerprint density at radius 2 is 1.89 bits per heavy atom. The lowest BCUT2D eigenvalue weighted by Gasteiger charge is -2.01. The number of anilines is 1. The lowest BCUT2D eigenvalue weighted by molar-refractivity contribution is 1.01. The number of nitrogens with one attached hydrogen (secondary N) is 1. The van der Waals surface area contributed by atoms with Crippen LogP contribution < -0.4 is 5.43 Å². The van der Waals surface area contributed by atoms with E-state index in [0.717, 1.165) is 21.6 Å². The maximum atomic E-state index is 4.24. The molecule has 1 aromatic heterocycles. The van der Waals surface area contributed by atoms with Gasteiger partial charge < -0.3 is 0 Å². The quantitative estimate of drug-likeness (QED) is 0.699. The number of hydrogen-bond donors (Lipinski definition) is 1. The maximum absolute atomic E-state index is 4.24. The van der Waals surface area contributed by atoms with E-state index in [1.54, 1.807) is 6.21 Å². The molecule has 1 heterocycles. The predicted octanol–water partition coefficient (Wildman–Crippen LogP) is 3.30. The Morgan fingerprint density at radius 1 is 1.17 bits per heavy atom. The highest BCUT2D eigenvalue weighted by Crippen LogP contribution is 2.09. The molecule has 0 aliphatic heterocycles. The first kappa shape index (κ1) is 12.7. The molecule has 0 saturated heterocycles. The molecule has 0 radical (unpaired) electrons. The zero-order valence-corrected chi connectivity index (χ0v) is 11.8. The number of hydrogen-bond acceptors (Lipinski definition) is 4. The summed E-state index contributed by atoms with van der Waals surface area (Å²) in [7, 11) is 0. The fraction of sp³-hybridized carbons (Fsp3) is 0.154. The summed E-state index contributed by atoms with van der Waals surface area (Å²) in [4.78, 5) is 8.44. The fourth-order valence-electron chi connectivity index (χ4n) is 1.50. The van der Waals surface area contributed by atoms with Gasteiger partial charge in [0.05, 0.1) is 6.21 Å². The molecule has 0 atom stereocenters. The van der Waals surface area contributed by atoms with Crippen molar-refractivity contribution in [1.82, 2.24) is 9.97 Å². The normalized spacial score (nSPS) is 10.8. The molecule has 92 valence electrons. The van der Waals surface area contributed by atoms with Crippen molar-refractivity contribution in [2.75, 3.05) is 5.43 Å². The van der Waals surface area contributed by atoms with Gasteiger partial charge in [0.25, 0.3) is 0 Å². The molecule has 1 aromatic carbocycles. The van der Waals surface area contributed by atoms with Crippen LogP contribution in [0.4, 0.5) is 5.82 Å². The van der Waals surface area contributed by atoms with Crippen molar-refractivity contribution < 1.29 is 0 Å². The second-order valence-electron chi connectivity index (χ2n) is 3.86. The van der Waals surface area contributed by atoms with E-state index in [9.17, 15) is 0 Å². The highest BCUT2D eigenvalue weighted by Gasteiger charge is 1.96. The average Bonchev–Trinajstić information content (AvgIpc) is 2.30. The largest absolute Gasteiger partial charge is 0.261 e. The van der Waals surface area contributed by atoms with E-state index < -0.39 is 0 Å². The van der Waals surface area contributed by atoms with Crippen molar-refractivity contribution in [1.29, 1.82) is 0 Å². The molecule has 0 fully saturated rings. The number of hydrazone groups is 1. The third-order valence-electron chi connectivity index (χ3n) is 2.23. The molecule has 2 aromatic rings. The van der Waals surface area contributed by atoms with Gasteiger partial charge in [-0.1, -0.05) is 28.1 Å². The Bertz CT molecular complexity index is 543.